The molecule has 0 amide bonds. The van der Waals surface area contributed by atoms with Gasteiger partial charge in [-0.15, -0.1) is 0 Å². The molecule has 0 fully saturated rings. The molecular formula is C13H18BrFO3. The van der Waals surface area contributed by atoms with E-state index in [9.17, 15) is 9.50 Å². The Kier molecular flexibility index (Phi) is 5.72. The van der Waals surface area contributed by atoms with Crippen molar-refractivity contribution in [1.29, 1.82) is 0 Å². The molecule has 0 aromatic heterocycles. The average Bonchev–Trinajstić information content (AvgIpc) is 2.30. The van der Waals surface area contributed by atoms with Gasteiger partial charge in [-0.2, -0.15) is 0 Å². The molecule has 1 aromatic rings. The maximum Gasteiger partial charge on any atom is 0.159 e. The van der Waals surface area contributed by atoms with Crippen LogP contribution in [0, 0.1) is 5.82 Å². The van der Waals surface area contributed by atoms with Crippen LogP contribution in [-0.2, 0) is 15.9 Å². The first kappa shape index (κ1) is 15.6. The second-order valence-corrected chi connectivity index (χ2v) is 5.37. The van der Waals surface area contributed by atoms with E-state index >= 15 is 0 Å². The number of aliphatic hydroxyl groups is 1. The van der Waals surface area contributed by atoms with Crippen molar-refractivity contribution in [3.05, 3.63) is 34.1 Å². The monoisotopic (exact) mass is 320 g/mol. The minimum atomic E-state index is -1.03. The fraction of sp³-hybridized carbons (Fsp3) is 0.538. The largest absolute Gasteiger partial charge is 0.390 e. The molecule has 0 spiro atoms. The lowest BCUT2D eigenvalue weighted by atomic mass is 9.93. The Morgan fingerprint density at radius 2 is 2.00 bits per heavy atom. The predicted octanol–water partition coefficient (Wildman–Crippen LogP) is 2.89. The first-order valence-corrected chi connectivity index (χ1v) is 6.39. The molecule has 3 nitrogen and oxygen atoms in total. The van der Waals surface area contributed by atoms with Crippen LogP contribution in [0.25, 0.3) is 0 Å². The van der Waals surface area contributed by atoms with Crippen molar-refractivity contribution in [3.8, 4) is 0 Å². The Balaban J connectivity index is 2.78. The summed E-state index contributed by atoms with van der Waals surface area (Å²) in [5, 5.41) is 10.3. The lowest BCUT2D eigenvalue weighted by Crippen LogP contribution is -2.34. The van der Waals surface area contributed by atoms with E-state index in [4.69, 9.17) is 9.47 Å². The lowest BCUT2D eigenvalue weighted by molar-refractivity contribution is -0.139. The molecule has 1 atom stereocenters. The van der Waals surface area contributed by atoms with Crippen molar-refractivity contribution in [2.75, 3.05) is 14.2 Å². The third-order valence-electron chi connectivity index (χ3n) is 2.71. The van der Waals surface area contributed by atoms with Gasteiger partial charge < -0.3 is 14.6 Å². The van der Waals surface area contributed by atoms with Gasteiger partial charge in [0.15, 0.2) is 6.29 Å². The second kappa shape index (κ2) is 6.61. The number of ether oxygens (including phenoxy) is 2. The van der Waals surface area contributed by atoms with E-state index in [0.29, 0.717) is 18.4 Å². The number of benzene rings is 1. The minimum Gasteiger partial charge on any atom is -0.390 e. The number of halogens is 2. The van der Waals surface area contributed by atoms with E-state index in [2.05, 4.69) is 15.9 Å². The summed E-state index contributed by atoms with van der Waals surface area (Å²) in [4.78, 5) is 0. The summed E-state index contributed by atoms with van der Waals surface area (Å²) < 4.78 is 24.1. The van der Waals surface area contributed by atoms with E-state index in [-0.39, 0.29) is 5.82 Å². The van der Waals surface area contributed by atoms with Crippen LogP contribution in [0.15, 0.2) is 22.7 Å². The van der Waals surface area contributed by atoms with Gasteiger partial charge in [-0.25, -0.2) is 4.39 Å². The van der Waals surface area contributed by atoms with Crippen LogP contribution in [0.5, 0.6) is 0 Å². The lowest BCUT2D eigenvalue weighted by Gasteiger charge is -2.27. The van der Waals surface area contributed by atoms with Gasteiger partial charge in [0.2, 0.25) is 0 Å². The zero-order valence-electron chi connectivity index (χ0n) is 10.7. The van der Waals surface area contributed by atoms with Gasteiger partial charge in [-0.1, -0.05) is 15.9 Å². The topological polar surface area (TPSA) is 38.7 Å². The molecule has 0 saturated carbocycles. The van der Waals surface area contributed by atoms with Gasteiger partial charge in [0.05, 0.1) is 5.60 Å². The van der Waals surface area contributed by atoms with E-state index in [0.717, 1.165) is 4.47 Å². The van der Waals surface area contributed by atoms with E-state index in [1.54, 1.807) is 13.0 Å². The minimum absolute atomic E-state index is 0.308. The molecular weight excluding hydrogens is 303 g/mol. The molecule has 0 aliphatic heterocycles. The molecule has 18 heavy (non-hydrogen) atoms. The standard InChI is InChI=1S/C13H18BrFO3/c1-13(16,8-12(17-2)18-3)7-9-6-10(15)4-5-11(9)14/h4-6,12,16H,7-8H2,1-3H3. The Hall–Kier alpha value is -0.490. The molecule has 1 aromatic carbocycles. The molecule has 0 radical (unpaired) electrons. The molecule has 0 saturated heterocycles. The highest BCUT2D eigenvalue weighted by Crippen LogP contribution is 2.26. The summed E-state index contributed by atoms with van der Waals surface area (Å²) in [5.41, 5.74) is -0.321. The second-order valence-electron chi connectivity index (χ2n) is 4.51. The van der Waals surface area contributed by atoms with Gasteiger partial charge in [-0.3, -0.25) is 0 Å². The quantitative estimate of drug-likeness (QED) is 0.819. The Bertz CT molecular complexity index is 392. The number of methoxy groups -OCH3 is 2. The predicted molar refractivity (Wildman–Crippen MR) is 70.9 cm³/mol. The van der Waals surface area contributed by atoms with Gasteiger partial charge in [-0.05, 0) is 30.7 Å². The molecule has 1 unspecified atom stereocenters. The van der Waals surface area contributed by atoms with Gasteiger partial charge in [0.1, 0.15) is 5.82 Å². The van der Waals surface area contributed by atoms with Crippen LogP contribution in [0.3, 0.4) is 0 Å². The first-order valence-electron chi connectivity index (χ1n) is 5.60. The fourth-order valence-corrected chi connectivity index (χ4v) is 2.17. The summed E-state index contributed by atoms with van der Waals surface area (Å²) in [6, 6.07) is 4.41. The SMILES string of the molecule is COC(CC(C)(O)Cc1cc(F)ccc1Br)OC. The molecule has 102 valence electrons. The van der Waals surface area contributed by atoms with Crippen LogP contribution in [0.2, 0.25) is 0 Å². The van der Waals surface area contributed by atoms with Crippen LogP contribution in [-0.4, -0.2) is 31.2 Å². The summed E-state index contributed by atoms with van der Waals surface area (Å²) >= 11 is 3.34. The van der Waals surface area contributed by atoms with Gasteiger partial charge in [0, 0.05) is 31.5 Å². The van der Waals surface area contributed by atoms with Gasteiger partial charge in [0.25, 0.3) is 0 Å². The Morgan fingerprint density at radius 3 is 2.56 bits per heavy atom. The normalized spacial score (nSPS) is 14.8. The highest BCUT2D eigenvalue weighted by atomic mass is 79.9. The van der Waals surface area contributed by atoms with Crippen LogP contribution >= 0.6 is 15.9 Å². The number of rotatable bonds is 6. The Morgan fingerprint density at radius 1 is 1.39 bits per heavy atom. The maximum atomic E-state index is 13.2. The number of hydrogen-bond donors (Lipinski definition) is 1. The highest BCUT2D eigenvalue weighted by molar-refractivity contribution is 9.10. The zero-order valence-corrected chi connectivity index (χ0v) is 12.3. The molecule has 0 heterocycles. The summed E-state index contributed by atoms with van der Waals surface area (Å²) in [6.07, 6.45) is 0.143. The summed E-state index contributed by atoms with van der Waals surface area (Å²) in [5.74, 6) is -0.320. The first-order chi connectivity index (χ1) is 8.38. The molecule has 1 N–H and O–H groups in total. The smallest absolute Gasteiger partial charge is 0.159 e. The maximum absolute atomic E-state index is 13.2. The van der Waals surface area contributed by atoms with Gasteiger partial charge >= 0.3 is 0 Å². The van der Waals surface area contributed by atoms with E-state index < -0.39 is 11.9 Å². The molecule has 1 rings (SSSR count). The zero-order chi connectivity index (χ0) is 13.8. The van der Waals surface area contributed by atoms with Crippen LogP contribution in [0.1, 0.15) is 18.9 Å². The number of hydrogen-bond acceptors (Lipinski definition) is 3. The molecule has 0 bridgehead atoms. The third kappa shape index (κ3) is 4.65. The van der Waals surface area contributed by atoms with Crippen molar-refractivity contribution in [1.82, 2.24) is 0 Å². The third-order valence-corrected chi connectivity index (χ3v) is 3.48. The summed E-state index contributed by atoms with van der Waals surface area (Å²) in [7, 11) is 3.03. The van der Waals surface area contributed by atoms with E-state index in [1.807, 2.05) is 0 Å². The molecule has 0 aliphatic rings. The molecule has 0 aliphatic carbocycles. The fourth-order valence-electron chi connectivity index (χ4n) is 1.78. The van der Waals surface area contributed by atoms with Crippen molar-refractivity contribution >= 4 is 15.9 Å². The van der Waals surface area contributed by atoms with Crippen LogP contribution in [0.4, 0.5) is 4.39 Å². The Labute approximate surface area is 115 Å². The summed E-state index contributed by atoms with van der Waals surface area (Å²) in [6.45, 7) is 1.68. The van der Waals surface area contributed by atoms with Crippen molar-refractivity contribution in [2.45, 2.75) is 31.7 Å². The van der Waals surface area contributed by atoms with Crippen molar-refractivity contribution < 1.29 is 19.0 Å². The van der Waals surface area contributed by atoms with E-state index in [1.165, 1.54) is 26.4 Å². The average molecular weight is 321 g/mol. The van der Waals surface area contributed by atoms with Crippen LogP contribution < -0.4 is 0 Å². The van der Waals surface area contributed by atoms with Crippen molar-refractivity contribution in [3.63, 3.8) is 0 Å². The molecule has 5 heteroatoms. The van der Waals surface area contributed by atoms with Crippen molar-refractivity contribution in [2.24, 2.45) is 0 Å². The highest BCUT2D eigenvalue weighted by Gasteiger charge is 2.26.